The van der Waals surface area contributed by atoms with Crippen LogP contribution in [0, 0.1) is 0 Å². The smallest absolute Gasteiger partial charge is 0.238 e. The first kappa shape index (κ1) is 11.9. The van der Waals surface area contributed by atoms with Crippen molar-refractivity contribution < 1.29 is 8.42 Å². The fourth-order valence-corrected chi connectivity index (χ4v) is 2.04. The topological polar surface area (TPSA) is 104 Å². The molecule has 0 atom stereocenters. The van der Waals surface area contributed by atoms with Gasteiger partial charge in [-0.3, -0.25) is 0 Å². The van der Waals surface area contributed by atoms with Gasteiger partial charge in [0.15, 0.2) is 0 Å². The van der Waals surface area contributed by atoms with E-state index in [0.29, 0.717) is 10.7 Å². The average molecular weight is 273 g/mol. The summed E-state index contributed by atoms with van der Waals surface area (Å²) in [7, 11) is -3.75. The number of nitrogens with zero attached hydrogens (tertiary/aromatic N) is 2. The number of halogens is 1. The van der Waals surface area contributed by atoms with Crippen LogP contribution in [-0.2, 0) is 10.0 Å². The highest BCUT2D eigenvalue weighted by Gasteiger charge is 2.11. The molecule has 0 fully saturated rings. The van der Waals surface area contributed by atoms with E-state index in [2.05, 4.69) is 5.10 Å². The molecule has 0 aliphatic heterocycles. The number of nitrogen functional groups attached to an aromatic ring is 1. The standard InChI is InChI=1S/C9H9ClN4O2S/c10-6-4-13-14(5-6)9-2-1-7(3-8(9)11)17(12,15)16/h1-5H,11H2,(H2,12,15,16). The number of anilines is 1. The van der Waals surface area contributed by atoms with Gasteiger partial charge in [-0.2, -0.15) is 5.10 Å². The number of nitrogens with two attached hydrogens (primary N) is 2. The molecule has 1 aromatic carbocycles. The third-order valence-corrected chi connectivity index (χ3v) is 3.23. The van der Waals surface area contributed by atoms with E-state index in [1.54, 1.807) is 6.20 Å². The van der Waals surface area contributed by atoms with Gasteiger partial charge in [0.25, 0.3) is 0 Å². The van der Waals surface area contributed by atoms with Crippen LogP contribution < -0.4 is 10.9 Å². The van der Waals surface area contributed by atoms with Gasteiger partial charge >= 0.3 is 0 Å². The van der Waals surface area contributed by atoms with Gasteiger partial charge in [-0.25, -0.2) is 18.2 Å². The van der Waals surface area contributed by atoms with Crippen LogP contribution in [0.4, 0.5) is 5.69 Å². The molecule has 6 nitrogen and oxygen atoms in total. The van der Waals surface area contributed by atoms with Crippen molar-refractivity contribution in [2.75, 3.05) is 5.73 Å². The Kier molecular flexibility index (Phi) is 2.82. The molecule has 8 heteroatoms. The summed E-state index contributed by atoms with van der Waals surface area (Å²) in [6.45, 7) is 0. The minimum absolute atomic E-state index is 0.0444. The van der Waals surface area contributed by atoms with Gasteiger partial charge in [-0.15, -0.1) is 0 Å². The number of rotatable bonds is 2. The molecule has 0 aliphatic carbocycles. The largest absolute Gasteiger partial charge is 0.397 e. The lowest BCUT2D eigenvalue weighted by atomic mass is 10.3. The van der Waals surface area contributed by atoms with E-state index in [-0.39, 0.29) is 10.6 Å². The van der Waals surface area contributed by atoms with Gasteiger partial charge in [0.05, 0.1) is 27.5 Å². The Morgan fingerprint density at radius 3 is 2.53 bits per heavy atom. The second-order valence-electron chi connectivity index (χ2n) is 3.37. The van der Waals surface area contributed by atoms with Gasteiger partial charge < -0.3 is 5.73 Å². The summed E-state index contributed by atoms with van der Waals surface area (Å²) in [4.78, 5) is -0.0444. The van der Waals surface area contributed by atoms with Crippen molar-refractivity contribution >= 4 is 27.3 Å². The first-order valence-corrected chi connectivity index (χ1v) is 6.43. The lowest BCUT2D eigenvalue weighted by Gasteiger charge is -2.07. The maximum absolute atomic E-state index is 11.1. The van der Waals surface area contributed by atoms with E-state index in [0.717, 1.165) is 0 Å². The van der Waals surface area contributed by atoms with Crippen LogP contribution in [0.5, 0.6) is 0 Å². The zero-order valence-electron chi connectivity index (χ0n) is 8.54. The zero-order chi connectivity index (χ0) is 12.6. The molecular weight excluding hydrogens is 264 g/mol. The molecule has 0 saturated carbocycles. The van der Waals surface area contributed by atoms with E-state index < -0.39 is 10.0 Å². The second-order valence-corrected chi connectivity index (χ2v) is 5.37. The SMILES string of the molecule is Nc1cc(S(N)(=O)=O)ccc1-n1cc(Cl)cn1. The fourth-order valence-electron chi connectivity index (χ4n) is 1.35. The minimum Gasteiger partial charge on any atom is -0.397 e. The Bertz CT molecular complexity index is 665. The number of hydrogen-bond donors (Lipinski definition) is 2. The van der Waals surface area contributed by atoms with Crippen molar-refractivity contribution in [3.05, 3.63) is 35.6 Å². The van der Waals surface area contributed by atoms with Gasteiger partial charge in [-0.1, -0.05) is 11.6 Å². The Morgan fingerprint density at radius 1 is 1.35 bits per heavy atom. The van der Waals surface area contributed by atoms with Gasteiger partial charge in [0, 0.05) is 6.20 Å². The molecule has 0 aliphatic rings. The Morgan fingerprint density at radius 2 is 2.06 bits per heavy atom. The lowest BCUT2D eigenvalue weighted by molar-refractivity contribution is 0.598. The van der Waals surface area contributed by atoms with E-state index in [1.807, 2.05) is 0 Å². The summed E-state index contributed by atoms with van der Waals surface area (Å²) < 4.78 is 23.7. The highest BCUT2D eigenvalue weighted by molar-refractivity contribution is 7.89. The normalized spacial score (nSPS) is 11.6. The van der Waals surface area contributed by atoms with Gasteiger partial charge in [-0.05, 0) is 18.2 Å². The maximum atomic E-state index is 11.1. The van der Waals surface area contributed by atoms with Crippen LogP contribution in [-0.4, -0.2) is 18.2 Å². The summed E-state index contributed by atoms with van der Waals surface area (Å²) in [5.41, 5.74) is 6.51. The second kappa shape index (κ2) is 4.02. The van der Waals surface area contributed by atoms with E-state index in [1.165, 1.54) is 29.1 Å². The van der Waals surface area contributed by atoms with E-state index in [9.17, 15) is 8.42 Å². The average Bonchev–Trinajstić information content (AvgIpc) is 2.63. The molecule has 0 saturated heterocycles. The number of benzene rings is 1. The minimum atomic E-state index is -3.75. The van der Waals surface area contributed by atoms with E-state index in [4.69, 9.17) is 22.5 Å². The van der Waals surface area contributed by atoms with Crippen molar-refractivity contribution in [1.82, 2.24) is 9.78 Å². The summed E-state index contributed by atoms with van der Waals surface area (Å²) >= 11 is 5.73. The van der Waals surface area contributed by atoms with Crippen LogP contribution in [0.3, 0.4) is 0 Å². The highest BCUT2D eigenvalue weighted by atomic mass is 35.5. The third kappa shape index (κ3) is 2.41. The molecule has 0 spiro atoms. The predicted molar refractivity (Wildman–Crippen MR) is 64.4 cm³/mol. The monoisotopic (exact) mass is 272 g/mol. The lowest BCUT2D eigenvalue weighted by Crippen LogP contribution is -2.13. The quantitative estimate of drug-likeness (QED) is 0.787. The number of aromatic nitrogens is 2. The molecule has 0 bridgehead atoms. The molecule has 17 heavy (non-hydrogen) atoms. The number of hydrogen-bond acceptors (Lipinski definition) is 4. The maximum Gasteiger partial charge on any atom is 0.238 e. The molecule has 0 radical (unpaired) electrons. The molecule has 4 N–H and O–H groups in total. The molecule has 1 aromatic heterocycles. The highest BCUT2D eigenvalue weighted by Crippen LogP contribution is 2.21. The van der Waals surface area contributed by atoms with Gasteiger partial charge in [0.2, 0.25) is 10.0 Å². The van der Waals surface area contributed by atoms with Crippen LogP contribution >= 0.6 is 11.6 Å². The molecule has 90 valence electrons. The van der Waals surface area contributed by atoms with Crippen molar-refractivity contribution in [3.63, 3.8) is 0 Å². The Labute approximate surface area is 103 Å². The fraction of sp³-hybridized carbons (Fsp3) is 0. The van der Waals surface area contributed by atoms with Crippen molar-refractivity contribution in [1.29, 1.82) is 0 Å². The summed E-state index contributed by atoms with van der Waals surface area (Å²) in [5, 5.41) is 9.41. The van der Waals surface area contributed by atoms with Crippen LogP contribution in [0.1, 0.15) is 0 Å². The first-order chi connectivity index (χ1) is 7.88. The Hall–Kier alpha value is -1.57. The van der Waals surface area contributed by atoms with Crippen LogP contribution in [0.2, 0.25) is 5.02 Å². The molecular formula is C9H9ClN4O2S. The number of sulfonamides is 1. The van der Waals surface area contributed by atoms with Crippen LogP contribution in [0.25, 0.3) is 5.69 Å². The van der Waals surface area contributed by atoms with Gasteiger partial charge in [0.1, 0.15) is 0 Å². The number of primary sulfonamides is 1. The third-order valence-electron chi connectivity index (χ3n) is 2.13. The molecule has 2 aromatic rings. The zero-order valence-corrected chi connectivity index (χ0v) is 10.1. The van der Waals surface area contributed by atoms with Crippen molar-refractivity contribution in [3.8, 4) is 5.69 Å². The molecule has 0 unspecified atom stereocenters. The van der Waals surface area contributed by atoms with Crippen molar-refractivity contribution in [2.45, 2.75) is 4.90 Å². The summed E-state index contributed by atoms with van der Waals surface area (Å²) in [6, 6.07) is 4.15. The molecule has 2 rings (SSSR count). The Balaban J connectivity index is 2.53. The molecule has 0 amide bonds. The van der Waals surface area contributed by atoms with Crippen LogP contribution in [0.15, 0.2) is 35.5 Å². The summed E-state index contributed by atoms with van der Waals surface area (Å²) in [5.74, 6) is 0. The first-order valence-electron chi connectivity index (χ1n) is 4.51. The summed E-state index contributed by atoms with van der Waals surface area (Å²) in [6.07, 6.45) is 3.01. The van der Waals surface area contributed by atoms with Crippen molar-refractivity contribution in [2.24, 2.45) is 5.14 Å². The molecule has 1 heterocycles. The van der Waals surface area contributed by atoms with E-state index >= 15 is 0 Å². The predicted octanol–water partition coefficient (Wildman–Crippen LogP) is 0.755.